The van der Waals surface area contributed by atoms with Crippen LogP contribution >= 0.6 is 0 Å². The standard InChI is InChI=1S/C18H16N4O4/c1-12-5-4-7-14-17(12)20-11-21(18(14)24)10-16(23)19-9-13-6-2-3-8-15(13)22(25)26/h2-8,11H,9-10H2,1H3,(H,19,23). The molecule has 0 spiro atoms. The highest BCUT2D eigenvalue weighted by molar-refractivity contribution is 5.81. The fourth-order valence-corrected chi connectivity index (χ4v) is 2.69. The lowest BCUT2D eigenvalue weighted by Gasteiger charge is -2.09. The van der Waals surface area contributed by atoms with Crippen molar-refractivity contribution in [1.82, 2.24) is 14.9 Å². The van der Waals surface area contributed by atoms with Gasteiger partial charge in [-0.1, -0.05) is 30.3 Å². The van der Waals surface area contributed by atoms with Gasteiger partial charge in [0.05, 0.1) is 22.2 Å². The van der Waals surface area contributed by atoms with Crippen molar-refractivity contribution in [2.45, 2.75) is 20.0 Å². The SMILES string of the molecule is Cc1cccc2c(=O)n(CC(=O)NCc3ccccc3[N+](=O)[O-])cnc12. The van der Waals surface area contributed by atoms with E-state index in [0.29, 0.717) is 16.5 Å². The Hall–Kier alpha value is -3.55. The van der Waals surface area contributed by atoms with Crippen LogP contribution in [0, 0.1) is 17.0 Å². The molecule has 26 heavy (non-hydrogen) atoms. The maximum absolute atomic E-state index is 12.5. The van der Waals surface area contributed by atoms with Crippen molar-refractivity contribution in [3.05, 3.63) is 80.4 Å². The van der Waals surface area contributed by atoms with Gasteiger partial charge in [-0.3, -0.25) is 24.3 Å². The molecule has 0 aliphatic heterocycles. The number of hydrogen-bond donors (Lipinski definition) is 1. The number of aromatic nitrogens is 2. The molecule has 0 bridgehead atoms. The molecule has 0 unspecified atom stereocenters. The van der Waals surface area contributed by atoms with E-state index >= 15 is 0 Å². The van der Waals surface area contributed by atoms with Crippen LogP contribution in [0.25, 0.3) is 10.9 Å². The predicted molar refractivity (Wildman–Crippen MR) is 95.7 cm³/mol. The first-order valence-corrected chi connectivity index (χ1v) is 7.91. The van der Waals surface area contributed by atoms with E-state index in [1.165, 1.54) is 17.0 Å². The molecule has 132 valence electrons. The van der Waals surface area contributed by atoms with Crippen molar-refractivity contribution >= 4 is 22.5 Å². The number of carbonyl (C=O) groups excluding carboxylic acids is 1. The topological polar surface area (TPSA) is 107 Å². The van der Waals surface area contributed by atoms with Crippen molar-refractivity contribution in [3.63, 3.8) is 0 Å². The van der Waals surface area contributed by atoms with Crippen LogP contribution in [0.4, 0.5) is 5.69 Å². The summed E-state index contributed by atoms with van der Waals surface area (Å²) >= 11 is 0. The summed E-state index contributed by atoms with van der Waals surface area (Å²) in [6, 6.07) is 11.5. The molecule has 1 heterocycles. The Kier molecular flexibility index (Phi) is 4.74. The predicted octanol–water partition coefficient (Wildman–Crippen LogP) is 1.93. The van der Waals surface area contributed by atoms with Gasteiger partial charge < -0.3 is 5.32 Å². The number of fused-ring (bicyclic) bond motifs is 1. The molecule has 0 saturated carbocycles. The fraction of sp³-hybridized carbons (Fsp3) is 0.167. The molecule has 0 atom stereocenters. The Bertz CT molecular complexity index is 1060. The van der Waals surface area contributed by atoms with Crippen LogP contribution in [0.3, 0.4) is 0 Å². The highest BCUT2D eigenvalue weighted by Crippen LogP contribution is 2.17. The van der Waals surface area contributed by atoms with Crippen LogP contribution < -0.4 is 10.9 Å². The number of nitrogens with one attached hydrogen (secondary N) is 1. The van der Waals surface area contributed by atoms with Crippen molar-refractivity contribution < 1.29 is 9.72 Å². The number of benzene rings is 2. The highest BCUT2D eigenvalue weighted by atomic mass is 16.6. The molecule has 1 aromatic heterocycles. The lowest BCUT2D eigenvalue weighted by molar-refractivity contribution is -0.385. The molecule has 0 aliphatic rings. The van der Waals surface area contributed by atoms with Crippen LogP contribution in [0.5, 0.6) is 0 Å². The van der Waals surface area contributed by atoms with Gasteiger partial charge in [0.2, 0.25) is 5.91 Å². The molecule has 8 nitrogen and oxygen atoms in total. The summed E-state index contributed by atoms with van der Waals surface area (Å²) in [6.07, 6.45) is 1.34. The van der Waals surface area contributed by atoms with Crippen LogP contribution in [0.2, 0.25) is 0 Å². The molecule has 0 fully saturated rings. The van der Waals surface area contributed by atoms with Crippen LogP contribution in [-0.2, 0) is 17.9 Å². The molecular weight excluding hydrogens is 336 g/mol. The van der Waals surface area contributed by atoms with Crippen molar-refractivity contribution in [2.75, 3.05) is 0 Å². The first-order valence-electron chi connectivity index (χ1n) is 7.91. The molecule has 3 rings (SSSR count). The van der Waals surface area contributed by atoms with Gasteiger partial charge in [0.1, 0.15) is 6.54 Å². The van der Waals surface area contributed by atoms with Gasteiger partial charge in [0, 0.05) is 18.2 Å². The third kappa shape index (κ3) is 3.44. The summed E-state index contributed by atoms with van der Waals surface area (Å²) < 4.78 is 1.22. The minimum atomic E-state index is -0.498. The van der Waals surface area contributed by atoms with E-state index in [2.05, 4.69) is 10.3 Å². The summed E-state index contributed by atoms with van der Waals surface area (Å²) in [5.41, 5.74) is 1.51. The van der Waals surface area contributed by atoms with E-state index in [0.717, 1.165) is 5.56 Å². The van der Waals surface area contributed by atoms with E-state index < -0.39 is 10.8 Å². The average Bonchev–Trinajstić information content (AvgIpc) is 2.63. The molecule has 1 N–H and O–H groups in total. The summed E-state index contributed by atoms with van der Waals surface area (Å²) in [4.78, 5) is 39.4. The number of hydrogen-bond acceptors (Lipinski definition) is 5. The highest BCUT2D eigenvalue weighted by Gasteiger charge is 2.14. The van der Waals surface area contributed by atoms with Crippen LogP contribution in [0.1, 0.15) is 11.1 Å². The molecule has 2 aromatic carbocycles. The maximum atomic E-state index is 12.5. The molecule has 1 amide bonds. The minimum absolute atomic E-state index is 0.00482. The fourth-order valence-electron chi connectivity index (χ4n) is 2.69. The minimum Gasteiger partial charge on any atom is -0.350 e. The van der Waals surface area contributed by atoms with Crippen molar-refractivity contribution in [1.29, 1.82) is 0 Å². The molecule has 0 saturated heterocycles. The van der Waals surface area contributed by atoms with Crippen LogP contribution in [0.15, 0.2) is 53.6 Å². The van der Waals surface area contributed by atoms with E-state index in [9.17, 15) is 19.7 Å². The zero-order valence-corrected chi connectivity index (χ0v) is 14.0. The largest absolute Gasteiger partial charge is 0.350 e. The molecule has 8 heteroatoms. The zero-order valence-electron chi connectivity index (χ0n) is 14.0. The smallest absolute Gasteiger partial charge is 0.274 e. The number of para-hydroxylation sites is 2. The third-order valence-corrected chi connectivity index (χ3v) is 4.03. The third-order valence-electron chi connectivity index (χ3n) is 4.03. The molecule has 3 aromatic rings. The van der Waals surface area contributed by atoms with E-state index in [1.807, 2.05) is 13.0 Å². The quantitative estimate of drug-likeness (QED) is 0.558. The summed E-state index contributed by atoms with van der Waals surface area (Å²) in [5.74, 6) is -0.431. The second-order valence-corrected chi connectivity index (χ2v) is 5.81. The molecular formula is C18H16N4O4. The van der Waals surface area contributed by atoms with Crippen molar-refractivity contribution in [3.8, 4) is 0 Å². The first kappa shape index (κ1) is 17.3. The number of nitro benzene ring substituents is 1. The second kappa shape index (κ2) is 7.14. The first-order chi connectivity index (χ1) is 12.5. The average molecular weight is 352 g/mol. The molecule has 0 aliphatic carbocycles. The van der Waals surface area contributed by atoms with Gasteiger partial charge in [-0.05, 0) is 18.6 Å². The van der Waals surface area contributed by atoms with Gasteiger partial charge in [-0.2, -0.15) is 0 Å². The number of nitro groups is 1. The second-order valence-electron chi connectivity index (χ2n) is 5.81. The Balaban J connectivity index is 1.75. The van der Waals surface area contributed by atoms with Crippen molar-refractivity contribution in [2.24, 2.45) is 0 Å². The number of nitrogens with zero attached hydrogens (tertiary/aromatic N) is 3. The lowest BCUT2D eigenvalue weighted by Crippen LogP contribution is -2.32. The normalized spacial score (nSPS) is 10.7. The number of carbonyl (C=O) groups is 1. The Morgan fingerprint density at radius 3 is 2.77 bits per heavy atom. The Morgan fingerprint density at radius 2 is 2.00 bits per heavy atom. The van der Waals surface area contributed by atoms with Gasteiger partial charge in [0.15, 0.2) is 0 Å². The Labute approximate surface area is 148 Å². The number of aryl methyl sites for hydroxylation is 1. The summed E-state index contributed by atoms with van der Waals surface area (Å²) in [5, 5.41) is 14.0. The maximum Gasteiger partial charge on any atom is 0.274 e. The zero-order chi connectivity index (χ0) is 18.7. The summed E-state index contributed by atoms with van der Waals surface area (Å²) in [7, 11) is 0. The monoisotopic (exact) mass is 352 g/mol. The van der Waals surface area contributed by atoms with E-state index in [1.54, 1.807) is 30.3 Å². The van der Waals surface area contributed by atoms with E-state index in [4.69, 9.17) is 0 Å². The number of rotatable bonds is 5. The molecule has 0 radical (unpaired) electrons. The van der Waals surface area contributed by atoms with Gasteiger partial charge in [-0.15, -0.1) is 0 Å². The van der Waals surface area contributed by atoms with E-state index in [-0.39, 0.29) is 24.3 Å². The van der Waals surface area contributed by atoms with Gasteiger partial charge >= 0.3 is 0 Å². The lowest BCUT2D eigenvalue weighted by atomic mass is 10.1. The number of amides is 1. The Morgan fingerprint density at radius 1 is 1.23 bits per heavy atom. The summed E-state index contributed by atoms with van der Waals surface area (Å²) in [6.45, 7) is 1.65. The van der Waals surface area contributed by atoms with Gasteiger partial charge in [-0.25, -0.2) is 4.98 Å². The van der Waals surface area contributed by atoms with Crippen LogP contribution in [-0.4, -0.2) is 20.4 Å². The van der Waals surface area contributed by atoms with Gasteiger partial charge in [0.25, 0.3) is 11.2 Å².